The molecule has 0 aliphatic rings. The molecule has 132 valence electrons. The van der Waals surface area contributed by atoms with Crippen LogP contribution in [-0.4, -0.2) is 48.9 Å². The molecule has 0 radical (unpaired) electrons. The molecule has 0 aliphatic heterocycles. The summed E-state index contributed by atoms with van der Waals surface area (Å²) in [5, 5.41) is 6.02. The summed E-state index contributed by atoms with van der Waals surface area (Å²) in [6, 6.07) is 6.42. The number of aromatic nitrogens is 1. The molecule has 2 amide bonds. The highest BCUT2D eigenvalue weighted by Crippen LogP contribution is 2.29. The van der Waals surface area contributed by atoms with Crippen molar-refractivity contribution in [1.82, 2.24) is 15.2 Å². The van der Waals surface area contributed by atoms with Crippen LogP contribution < -0.4 is 10.6 Å². The molecule has 2 N–H and O–H groups in total. The minimum absolute atomic E-state index is 0.247. The Kier molecular flexibility index (Phi) is 6.75. The average molecular weight is 381 g/mol. The van der Waals surface area contributed by atoms with E-state index in [2.05, 4.69) is 15.6 Å². The number of likely N-dealkylation sites (N-methyl/N-ethyl adjacent to an activating group) is 1. The Morgan fingerprint density at radius 3 is 2.48 bits per heavy atom. The molecule has 1 heterocycles. The van der Waals surface area contributed by atoms with Gasteiger partial charge in [0, 0.05) is 25.5 Å². The van der Waals surface area contributed by atoms with Gasteiger partial charge in [-0.25, -0.2) is 0 Å². The first-order valence-corrected chi connectivity index (χ1v) is 8.27. The first kappa shape index (κ1) is 19.2. The quantitative estimate of drug-likeness (QED) is 0.807. The van der Waals surface area contributed by atoms with E-state index in [1.54, 1.807) is 18.2 Å². The van der Waals surface area contributed by atoms with Gasteiger partial charge >= 0.3 is 0 Å². The fourth-order valence-electron chi connectivity index (χ4n) is 1.98. The summed E-state index contributed by atoms with van der Waals surface area (Å²) in [6.07, 6.45) is 2.79. The second kappa shape index (κ2) is 8.80. The Hall–Kier alpha value is -2.15. The predicted molar refractivity (Wildman–Crippen MR) is 99.5 cm³/mol. The van der Waals surface area contributed by atoms with Gasteiger partial charge in [0.1, 0.15) is 0 Å². The summed E-state index contributed by atoms with van der Waals surface area (Å²) >= 11 is 12.0. The summed E-state index contributed by atoms with van der Waals surface area (Å²) in [4.78, 5) is 30.4. The van der Waals surface area contributed by atoms with Crippen LogP contribution in [0.2, 0.25) is 10.0 Å². The fourth-order valence-corrected chi connectivity index (χ4v) is 2.33. The number of carbonyl (C=O) groups is 2. The number of benzene rings is 1. The van der Waals surface area contributed by atoms with Crippen LogP contribution in [-0.2, 0) is 0 Å². The standard InChI is InChI=1S/C17H18Cl2N4O2/c1-23(2)7-6-21-16(24)11-8-12(10-20-9-11)17(25)22-14-5-3-4-13(18)15(14)19/h3-5,8-10H,6-7H2,1-2H3,(H,21,24)(H,22,25). The second-order valence-electron chi connectivity index (χ2n) is 5.58. The third kappa shape index (κ3) is 5.42. The van der Waals surface area contributed by atoms with E-state index in [0.717, 1.165) is 0 Å². The highest BCUT2D eigenvalue weighted by molar-refractivity contribution is 6.44. The van der Waals surface area contributed by atoms with Crippen LogP contribution in [0.1, 0.15) is 20.7 Å². The zero-order chi connectivity index (χ0) is 18.4. The van der Waals surface area contributed by atoms with Crippen molar-refractivity contribution in [3.63, 3.8) is 0 Å². The van der Waals surface area contributed by atoms with Crippen LogP contribution in [0, 0.1) is 0 Å². The van der Waals surface area contributed by atoms with Gasteiger partial charge < -0.3 is 15.5 Å². The van der Waals surface area contributed by atoms with Gasteiger partial charge in [0.25, 0.3) is 11.8 Å². The summed E-state index contributed by atoms with van der Waals surface area (Å²) in [7, 11) is 3.83. The van der Waals surface area contributed by atoms with Gasteiger partial charge in [0.05, 0.1) is 26.9 Å². The number of halogens is 2. The van der Waals surface area contributed by atoms with Crippen LogP contribution in [0.5, 0.6) is 0 Å². The van der Waals surface area contributed by atoms with Crippen LogP contribution in [0.4, 0.5) is 5.69 Å². The maximum Gasteiger partial charge on any atom is 0.257 e. The zero-order valence-corrected chi connectivity index (χ0v) is 15.4. The molecule has 0 aliphatic carbocycles. The third-order valence-corrected chi connectivity index (χ3v) is 4.13. The molecule has 0 unspecified atom stereocenters. The number of nitrogens with zero attached hydrogens (tertiary/aromatic N) is 2. The molecule has 1 aromatic carbocycles. The van der Waals surface area contributed by atoms with Crippen molar-refractivity contribution in [1.29, 1.82) is 0 Å². The van der Waals surface area contributed by atoms with E-state index >= 15 is 0 Å². The van der Waals surface area contributed by atoms with Crippen molar-refractivity contribution >= 4 is 40.7 Å². The minimum Gasteiger partial charge on any atom is -0.351 e. The first-order valence-electron chi connectivity index (χ1n) is 7.52. The number of hydrogen-bond donors (Lipinski definition) is 2. The van der Waals surface area contributed by atoms with Crippen LogP contribution in [0.15, 0.2) is 36.7 Å². The Morgan fingerprint density at radius 1 is 1.12 bits per heavy atom. The van der Waals surface area contributed by atoms with Crippen LogP contribution >= 0.6 is 23.2 Å². The summed E-state index contributed by atoms with van der Waals surface area (Å²) in [5.74, 6) is -0.718. The number of anilines is 1. The number of hydrogen-bond acceptors (Lipinski definition) is 4. The lowest BCUT2D eigenvalue weighted by molar-refractivity contribution is 0.0950. The monoisotopic (exact) mass is 380 g/mol. The van der Waals surface area contributed by atoms with E-state index in [4.69, 9.17) is 23.2 Å². The van der Waals surface area contributed by atoms with Crippen molar-refractivity contribution in [2.45, 2.75) is 0 Å². The van der Waals surface area contributed by atoms with Crippen molar-refractivity contribution in [2.24, 2.45) is 0 Å². The highest BCUT2D eigenvalue weighted by Gasteiger charge is 2.13. The van der Waals surface area contributed by atoms with E-state index < -0.39 is 5.91 Å². The van der Waals surface area contributed by atoms with E-state index in [9.17, 15) is 9.59 Å². The number of amides is 2. The smallest absolute Gasteiger partial charge is 0.257 e. The van der Waals surface area contributed by atoms with Crippen molar-refractivity contribution in [3.05, 3.63) is 57.8 Å². The summed E-state index contributed by atoms with van der Waals surface area (Å²) < 4.78 is 0. The molecule has 2 aromatic rings. The minimum atomic E-state index is -0.431. The number of carbonyl (C=O) groups excluding carboxylic acids is 2. The van der Waals surface area contributed by atoms with Gasteiger partial charge in [0.15, 0.2) is 0 Å². The largest absolute Gasteiger partial charge is 0.351 e. The average Bonchev–Trinajstić information content (AvgIpc) is 2.58. The maximum atomic E-state index is 12.4. The van der Waals surface area contributed by atoms with E-state index in [-0.39, 0.29) is 16.5 Å². The molecule has 0 saturated heterocycles. The topological polar surface area (TPSA) is 74.3 Å². The molecule has 0 bridgehead atoms. The van der Waals surface area contributed by atoms with Crippen molar-refractivity contribution < 1.29 is 9.59 Å². The Balaban J connectivity index is 2.08. The summed E-state index contributed by atoms with van der Waals surface area (Å²) in [6.45, 7) is 1.22. The van der Waals surface area contributed by atoms with Gasteiger partial charge in [-0.2, -0.15) is 0 Å². The zero-order valence-electron chi connectivity index (χ0n) is 13.8. The van der Waals surface area contributed by atoms with E-state index in [1.165, 1.54) is 18.5 Å². The van der Waals surface area contributed by atoms with E-state index in [1.807, 2.05) is 19.0 Å². The number of nitrogens with one attached hydrogen (secondary N) is 2. The van der Waals surface area contributed by atoms with Gasteiger partial charge in [-0.05, 0) is 32.3 Å². The molecule has 0 spiro atoms. The number of rotatable bonds is 6. The molecule has 8 heteroatoms. The number of pyridine rings is 1. The fraction of sp³-hybridized carbons (Fsp3) is 0.235. The summed E-state index contributed by atoms with van der Waals surface area (Å²) in [5.41, 5.74) is 0.944. The van der Waals surface area contributed by atoms with Gasteiger partial charge in [-0.1, -0.05) is 29.3 Å². The second-order valence-corrected chi connectivity index (χ2v) is 6.36. The SMILES string of the molecule is CN(C)CCNC(=O)c1cncc(C(=O)Nc2cccc(Cl)c2Cl)c1. The molecule has 0 atom stereocenters. The molecule has 25 heavy (non-hydrogen) atoms. The normalized spacial score (nSPS) is 10.6. The first-order chi connectivity index (χ1) is 11.9. The predicted octanol–water partition coefficient (Wildman–Crippen LogP) is 2.93. The molecule has 1 aromatic heterocycles. The molecular weight excluding hydrogens is 363 g/mol. The van der Waals surface area contributed by atoms with Crippen LogP contribution in [0.3, 0.4) is 0 Å². The molecule has 0 fully saturated rings. The Bertz CT molecular complexity index is 781. The van der Waals surface area contributed by atoms with Crippen LogP contribution in [0.25, 0.3) is 0 Å². The lowest BCUT2D eigenvalue weighted by atomic mass is 10.2. The Morgan fingerprint density at radius 2 is 1.80 bits per heavy atom. The molecule has 2 rings (SSSR count). The lowest BCUT2D eigenvalue weighted by Crippen LogP contribution is -2.31. The van der Waals surface area contributed by atoms with Crippen molar-refractivity contribution in [3.8, 4) is 0 Å². The maximum absolute atomic E-state index is 12.4. The molecule has 6 nitrogen and oxygen atoms in total. The highest BCUT2D eigenvalue weighted by atomic mass is 35.5. The lowest BCUT2D eigenvalue weighted by Gasteiger charge is -2.11. The third-order valence-electron chi connectivity index (χ3n) is 3.31. The Labute approximate surface area is 156 Å². The van der Waals surface area contributed by atoms with Gasteiger partial charge in [0.2, 0.25) is 0 Å². The molecule has 0 saturated carbocycles. The van der Waals surface area contributed by atoms with Gasteiger partial charge in [-0.15, -0.1) is 0 Å². The molecular formula is C17H18Cl2N4O2. The van der Waals surface area contributed by atoms with E-state index in [0.29, 0.717) is 29.4 Å². The van der Waals surface area contributed by atoms with Gasteiger partial charge in [-0.3, -0.25) is 14.6 Å². The van der Waals surface area contributed by atoms with Crippen molar-refractivity contribution in [2.75, 3.05) is 32.5 Å².